The lowest BCUT2D eigenvalue weighted by Crippen LogP contribution is -2.54. The van der Waals surface area contributed by atoms with Crippen LogP contribution < -0.4 is 10.6 Å². The van der Waals surface area contributed by atoms with Crippen molar-refractivity contribution in [3.05, 3.63) is 16.1 Å². The van der Waals surface area contributed by atoms with Gasteiger partial charge >= 0.3 is 0 Å². The monoisotopic (exact) mass is 520 g/mol. The molecule has 9 heteroatoms. The molecule has 2 fully saturated rings. The van der Waals surface area contributed by atoms with Crippen LogP contribution in [0.15, 0.2) is 11.2 Å². The van der Waals surface area contributed by atoms with Crippen LogP contribution in [0.4, 0.5) is 0 Å². The predicted molar refractivity (Wildman–Crippen MR) is 126 cm³/mol. The molecule has 28 heavy (non-hydrogen) atoms. The Labute approximate surface area is 189 Å². The van der Waals surface area contributed by atoms with E-state index in [0.717, 1.165) is 75.9 Å². The maximum Gasteiger partial charge on any atom is 0.234 e. The van der Waals surface area contributed by atoms with Gasteiger partial charge in [0.15, 0.2) is 5.96 Å². The molecule has 1 amide bonds. The van der Waals surface area contributed by atoms with Crippen LogP contribution in [0.5, 0.6) is 0 Å². The second kappa shape index (κ2) is 11.9. The number of guanidine groups is 1. The molecule has 2 N–H and O–H groups in total. The molecule has 2 heterocycles. The molecule has 0 atom stereocenters. The number of carbonyl (C=O) groups excluding carboxylic acids is 1. The van der Waals surface area contributed by atoms with Gasteiger partial charge < -0.3 is 15.5 Å². The second-order valence-corrected chi connectivity index (χ2v) is 8.36. The molecule has 3 rings (SSSR count). The van der Waals surface area contributed by atoms with E-state index in [-0.39, 0.29) is 29.9 Å². The summed E-state index contributed by atoms with van der Waals surface area (Å²) < 4.78 is 0. The average Bonchev–Trinajstić information content (AvgIpc) is 3.36. The van der Waals surface area contributed by atoms with Gasteiger partial charge in [-0.2, -0.15) is 0 Å². The summed E-state index contributed by atoms with van der Waals surface area (Å²) >= 11 is 1.79. The molecule has 0 spiro atoms. The minimum Gasteiger partial charge on any atom is -0.357 e. The van der Waals surface area contributed by atoms with Crippen molar-refractivity contribution in [1.29, 1.82) is 0 Å². The Morgan fingerprint density at radius 3 is 2.64 bits per heavy atom. The van der Waals surface area contributed by atoms with Gasteiger partial charge in [-0.05, 0) is 26.2 Å². The van der Waals surface area contributed by atoms with Crippen molar-refractivity contribution in [3.8, 4) is 0 Å². The minimum absolute atomic E-state index is 0. The number of thiazole rings is 1. The van der Waals surface area contributed by atoms with Crippen molar-refractivity contribution in [3.63, 3.8) is 0 Å². The molecule has 0 unspecified atom stereocenters. The maximum absolute atomic E-state index is 12.0. The van der Waals surface area contributed by atoms with Gasteiger partial charge in [-0.3, -0.25) is 14.7 Å². The van der Waals surface area contributed by atoms with Gasteiger partial charge in [-0.25, -0.2) is 4.98 Å². The number of hydrogen-bond acceptors (Lipinski definition) is 5. The molecule has 0 radical (unpaired) electrons. The van der Waals surface area contributed by atoms with E-state index >= 15 is 0 Å². The van der Waals surface area contributed by atoms with Crippen LogP contribution in [-0.2, 0) is 17.6 Å². The minimum atomic E-state index is 0. The van der Waals surface area contributed by atoms with E-state index in [0.29, 0.717) is 12.6 Å². The Morgan fingerprint density at radius 1 is 1.29 bits per heavy atom. The zero-order valence-corrected chi connectivity index (χ0v) is 20.1. The molecule has 2 aliphatic rings. The highest BCUT2D eigenvalue weighted by Gasteiger charge is 2.25. The molecule has 1 aromatic heterocycles. The van der Waals surface area contributed by atoms with Crippen molar-refractivity contribution in [1.82, 2.24) is 25.4 Å². The molecule has 0 aromatic carbocycles. The van der Waals surface area contributed by atoms with Gasteiger partial charge in [0.2, 0.25) is 5.91 Å². The Hall–Kier alpha value is -0.940. The van der Waals surface area contributed by atoms with Crippen LogP contribution in [0.25, 0.3) is 0 Å². The highest BCUT2D eigenvalue weighted by atomic mass is 127. The fourth-order valence-electron chi connectivity index (χ4n) is 3.13. The number of halogens is 1. The number of hydrogen-bond donors (Lipinski definition) is 2. The van der Waals surface area contributed by atoms with E-state index in [2.05, 4.69) is 39.3 Å². The first kappa shape index (κ1) is 23.3. The van der Waals surface area contributed by atoms with Gasteiger partial charge in [0.25, 0.3) is 0 Å². The molecule has 1 saturated heterocycles. The van der Waals surface area contributed by atoms with E-state index in [4.69, 9.17) is 4.99 Å². The normalized spacial score (nSPS) is 17.9. The topological polar surface area (TPSA) is 72.9 Å². The number of nitrogens with zero attached hydrogens (tertiary/aromatic N) is 4. The van der Waals surface area contributed by atoms with Crippen LogP contribution in [0.2, 0.25) is 0 Å². The second-order valence-electron chi connectivity index (χ2n) is 7.16. The van der Waals surface area contributed by atoms with Crippen LogP contribution in [0.1, 0.15) is 36.6 Å². The molecule has 1 saturated carbocycles. The first-order valence-corrected chi connectivity index (χ1v) is 11.0. The van der Waals surface area contributed by atoms with Crippen LogP contribution in [0.3, 0.4) is 0 Å². The van der Waals surface area contributed by atoms with Crippen LogP contribution in [-0.4, -0.2) is 78.5 Å². The van der Waals surface area contributed by atoms with Gasteiger partial charge in [-0.1, -0.05) is 6.92 Å². The molecular formula is C19H33IN6OS. The number of aryl methyl sites for hydroxylation is 1. The predicted octanol–water partition coefficient (Wildman–Crippen LogP) is 1.73. The Bertz CT molecular complexity index is 640. The fourth-order valence-corrected chi connectivity index (χ4v) is 3.98. The number of nitrogens with one attached hydrogen (secondary N) is 2. The standard InChI is InChI=1S/C19H32N6OS.HI/c1-3-16-13-22-18(27-16)7-8-21-19(20-4-2)25-11-9-24(10-12-25)14-17(26)23-15-5-6-15;/h13,15H,3-12,14H2,1-2H3,(H,20,21)(H,23,26);1H. The maximum atomic E-state index is 12.0. The Kier molecular flexibility index (Phi) is 9.93. The summed E-state index contributed by atoms with van der Waals surface area (Å²) in [5.41, 5.74) is 0. The third-order valence-electron chi connectivity index (χ3n) is 4.85. The third kappa shape index (κ3) is 7.47. The Balaban J connectivity index is 0.00000280. The van der Waals surface area contributed by atoms with Gasteiger partial charge in [0.05, 0.1) is 11.6 Å². The summed E-state index contributed by atoms with van der Waals surface area (Å²) in [5.74, 6) is 1.15. The lowest BCUT2D eigenvalue weighted by molar-refractivity contribution is -0.122. The molecule has 0 bridgehead atoms. The van der Waals surface area contributed by atoms with Gasteiger partial charge in [-0.15, -0.1) is 35.3 Å². The van der Waals surface area contributed by atoms with E-state index < -0.39 is 0 Å². The van der Waals surface area contributed by atoms with Crippen molar-refractivity contribution in [2.75, 3.05) is 45.8 Å². The highest BCUT2D eigenvalue weighted by molar-refractivity contribution is 14.0. The van der Waals surface area contributed by atoms with Crippen molar-refractivity contribution in [2.45, 2.75) is 45.6 Å². The average molecular weight is 520 g/mol. The number of aromatic nitrogens is 1. The van der Waals surface area contributed by atoms with Crippen LogP contribution in [0, 0.1) is 0 Å². The smallest absolute Gasteiger partial charge is 0.234 e. The first-order valence-electron chi connectivity index (χ1n) is 10.2. The summed E-state index contributed by atoms with van der Waals surface area (Å²) in [6.07, 6.45) is 6.20. The van der Waals surface area contributed by atoms with E-state index in [9.17, 15) is 4.79 Å². The molecule has 1 aliphatic heterocycles. The third-order valence-corrected chi connectivity index (χ3v) is 6.05. The van der Waals surface area contributed by atoms with Crippen LogP contribution >= 0.6 is 35.3 Å². The van der Waals surface area contributed by atoms with E-state index in [1.165, 1.54) is 4.88 Å². The zero-order valence-electron chi connectivity index (χ0n) is 16.9. The lowest BCUT2D eigenvalue weighted by Gasteiger charge is -2.36. The van der Waals surface area contributed by atoms with Crippen molar-refractivity contribution < 1.29 is 4.79 Å². The van der Waals surface area contributed by atoms with Gasteiger partial charge in [0.1, 0.15) is 0 Å². The quantitative estimate of drug-likeness (QED) is 0.311. The fraction of sp³-hybridized carbons (Fsp3) is 0.737. The summed E-state index contributed by atoms with van der Waals surface area (Å²) in [5, 5.41) is 7.64. The summed E-state index contributed by atoms with van der Waals surface area (Å²) in [7, 11) is 0. The number of amides is 1. The van der Waals surface area contributed by atoms with Crippen molar-refractivity contribution >= 4 is 47.2 Å². The SMILES string of the molecule is CCNC(=NCCc1ncc(CC)s1)N1CCN(CC(=O)NC2CC2)CC1.I. The molecule has 7 nitrogen and oxygen atoms in total. The Morgan fingerprint density at radius 2 is 2.04 bits per heavy atom. The number of piperazine rings is 1. The van der Waals surface area contributed by atoms with E-state index in [1.54, 1.807) is 11.3 Å². The first-order chi connectivity index (χ1) is 13.2. The van der Waals surface area contributed by atoms with Crippen molar-refractivity contribution in [2.24, 2.45) is 4.99 Å². The lowest BCUT2D eigenvalue weighted by atomic mass is 10.3. The molecule has 1 aromatic rings. The summed E-state index contributed by atoms with van der Waals surface area (Å²) in [6.45, 7) is 9.99. The summed E-state index contributed by atoms with van der Waals surface area (Å²) in [6, 6.07) is 0.442. The number of aliphatic imine (C=N–C) groups is 1. The van der Waals surface area contributed by atoms with E-state index in [1.807, 2.05) is 6.20 Å². The number of carbonyl (C=O) groups is 1. The zero-order chi connectivity index (χ0) is 19.1. The van der Waals surface area contributed by atoms with Gasteiger partial charge in [0, 0.05) is 62.8 Å². The highest BCUT2D eigenvalue weighted by Crippen LogP contribution is 2.18. The number of rotatable bonds is 8. The molecule has 158 valence electrons. The molecule has 1 aliphatic carbocycles. The molecular weight excluding hydrogens is 487 g/mol. The largest absolute Gasteiger partial charge is 0.357 e. The summed E-state index contributed by atoms with van der Waals surface area (Å²) in [4.78, 5) is 27.1.